The molecule has 2 N–H and O–H groups in total. The Morgan fingerprint density at radius 3 is 0.808 bits per heavy atom. The number of anilines is 8. The molecule has 24 nitrogen and oxygen atoms in total. The van der Waals surface area contributed by atoms with Crippen molar-refractivity contribution in [2.75, 3.05) is 152 Å². The van der Waals surface area contributed by atoms with E-state index in [0.29, 0.717) is 170 Å². The van der Waals surface area contributed by atoms with Crippen molar-refractivity contribution in [3.05, 3.63) is 248 Å². The number of rotatable bonds is 26. The molecule has 14 aromatic rings. The molecule has 600 valence electrons. The van der Waals surface area contributed by atoms with Crippen LogP contribution < -0.4 is 77.1 Å². The quantitative estimate of drug-likeness (QED) is 0.0381. The third-order valence-electron chi connectivity index (χ3n) is 20.1. The third-order valence-corrected chi connectivity index (χ3v) is 21.2. The van der Waals surface area contributed by atoms with E-state index in [1.165, 1.54) is 0 Å². The molecule has 16 rings (SSSR count). The molecule has 0 saturated carbocycles. The second-order valence-corrected chi connectivity index (χ2v) is 32.0. The second-order valence-electron chi connectivity index (χ2n) is 30.7. The van der Waals surface area contributed by atoms with Crippen LogP contribution in [0.25, 0.3) is 85.0 Å². The van der Waals surface area contributed by atoms with E-state index in [1.54, 1.807) is 0 Å². The predicted octanol–water partition coefficient (Wildman–Crippen LogP) is 20.2. The first-order chi connectivity index (χ1) is 57.8. The molecule has 0 radical (unpaired) electrons. The van der Waals surface area contributed by atoms with Gasteiger partial charge in [0, 0.05) is 160 Å². The first kappa shape index (κ1) is 79.4. The number of benzene rings is 11. The van der Waals surface area contributed by atoms with Crippen LogP contribution >= 0.6 is 0 Å². The molecule has 0 atom stereocenters. The topological polar surface area (TPSA) is 209 Å². The summed E-state index contributed by atoms with van der Waals surface area (Å²) < 4.78 is 56.9. The molecule has 0 amide bonds. The second kappa shape index (κ2) is 33.6. The first-order valence-electron chi connectivity index (χ1n) is 38.9. The molecule has 2 aliphatic rings. The van der Waals surface area contributed by atoms with Crippen molar-refractivity contribution in [2.24, 2.45) is 0 Å². The average Bonchev–Trinajstić information content (AvgIpc) is 1.58. The van der Waals surface area contributed by atoms with Crippen LogP contribution in [0, 0.1) is 0 Å². The van der Waals surface area contributed by atoms with E-state index in [0.717, 1.165) is 45.5 Å². The molecule has 25 heteroatoms. The summed E-state index contributed by atoms with van der Waals surface area (Å²) in [6.45, 7) is 0. The van der Waals surface area contributed by atoms with Crippen LogP contribution in [-0.2, 0) is 17.9 Å². The Labute approximate surface area is 706 Å². The van der Waals surface area contributed by atoms with Crippen molar-refractivity contribution in [1.82, 2.24) is 39.9 Å². The van der Waals surface area contributed by atoms with Gasteiger partial charge in [-0.05, 0) is 84.9 Å². The average molecular weight is 1650 g/mol. The number of nitrogens with zero attached hydrogens (tertiary/aromatic N) is 14. The van der Waals surface area contributed by atoms with Crippen molar-refractivity contribution in [3.8, 4) is 126 Å². The molecule has 3 aromatic heterocycles. The summed E-state index contributed by atoms with van der Waals surface area (Å²) in [7, 11) is 31.8. The van der Waals surface area contributed by atoms with Gasteiger partial charge in [-0.1, -0.05) is 36.4 Å². The molecule has 0 unspecified atom stereocenters. The van der Waals surface area contributed by atoms with E-state index in [9.17, 15) is 0 Å². The molecule has 8 bridgehead atoms. The maximum atomic E-state index is 7.09. The van der Waals surface area contributed by atoms with Gasteiger partial charge in [0.15, 0.2) is 11.5 Å². The zero-order valence-corrected chi connectivity index (χ0v) is 72.8. The summed E-state index contributed by atoms with van der Waals surface area (Å²) in [5, 5.41) is 1.16. The molecular weight excluding hydrogens is 1560 g/mol. The van der Waals surface area contributed by atoms with E-state index in [1.807, 2.05) is 395 Å². The first-order valence-corrected chi connectivity index (χ1v) is 40.4. The molecule has 0 saturated heterocycles. The van der Waals surface area contributed by atoms with E-state index < -0.39 is 0 Å². The molecule has 0 spiro atoms. The van der Waals surface area contributed by atoms with Crippen molar-refractivity contribution >= 4 is 89.2 Å². The van der Waals surface area contributed by atoms with Crippen LogP contribution in [-0.4, -0.2) is 157 Å². The van der Waals surface area contributed by atoms with Crippen molar-refractivity contribution in [3.63, 3.8) is 0 Å². The van der Waals surface area contributed by atoms with Gasteiger partial charge >= 0.3 is 345 Å². The van der Waals surface area contributed by atoms with Gasteiger partial charge in [0.25, 0.3) is 0 Å². The molecule has 11 aromatic carbocycles. The minimum atomic E-state index is 0.253. The number of aromatic amines is 2. The number of aromatic nitrogens is 8. The number of nitrogens with one attached hydrogen (secondary N) is 2. The van der Waals surface area contributed by atoms with Gasteiger partial charge in [0.05, 0.1) is 0 Å². The molecular formula is C95H90N16O8Zn. The van der Waals surface area contributed by atoms with Gasteiger partial charge in [0.2, 0.25) is 0 Å². The Morgan fingerprint density at radius 2 is 0.517 bits per heavy atom. The summed E-state index contributed by atoms with van der Waals surface area (Å²) in [5.41, 5.74) is 11.6. The standard InChI is InChI=1S/C95H90N16O8.Zn/c1-104(2)59-25-17-33-67(43-59)112-57-75(113-68-34-18-26-60(44-68)105(3)4)41-58-42-88-96-89(58)98-91-78-53-84(116-71-37-21-29-63(47-71)108(9)10)85(117-72-38-22-30-64(48-72)109(11)12)54-79(78)93(100-91)102-95-81-56-87(119-74-40-24-32-66(50-74)111(15)16)86(118-73-39-23-31-65(49-73)110(13)14)55-80(81)94(103-95)101-92-77-52-83(115-70-36-20-28-62(46-70)107(7)8)82(51-76(77)90(97-88)99-92)114-69-35-19-27-61(45-69)106(5)6;/h17-56H,1-16H3,(H2,96,97,98,99,100,101,102,103);/b75-41+;. The summed E-state index contributed by atoms with van der Waals surface area (Å²) in [4.78, 5) is 57.0. The van der Waals surface area contributed by atoms with E-state index in [4.69, 9.17) is 67.8 Å². The molecule has 0 aliphatic carbocycles. The van der Waals surface area contributed by atoms with Crippen molar-refractivity contribution in [2.45, 2.75) is 0 Å². The number of hydrogen-bond acceptors (Lipinski definition) is 22. The van der Waals surface area contributed by atoms with E-state index >= 15 is 0 Å². The fourth-order valence-corrected chi connectivity index (χ4v) is 14.3. The van der Waals surface area contributed by atoms with Gasteiger partial charge in [0.1, 0.15) is 28.7 Å². The summed E-state index contributed by atoms with van der Waals surface area (Å²) in [6, 6.07) is 76.4. The fraction of sp³-hybridized carbons (Fsp3) is 0.168. The molecule has 0 fully saturated rings. The number of ether oxygens (including phenoxy) is 8. The van der Waals surface area contributed by atoms with Crippen LogP contribution in [0.5, 0.6) is 80.5 Å². The van der Waals surface area contributed by atoms with Gasteiger partial charge < -0.3 is 43.6 Å². The Morgan fingerprint density at radius 1 is 0.267 bits per heavy atom. The van der Waals surface area contributed by atoms with Crippen LogP contribution in [0.15, 0.2) is 242 Å². The monoisotopic (exact) mass is 1650 g/mol. The van der Waals surface area contributed by atoms with Crippen molar-refractivity contribution < 1.29 is 55.7 Å². The maximum absolute atomic E-state index is 7.09. The Hall–Kier alpha value is -14.4. The van der Waals surface area contributed by atoms with Gasteiger partial charge in [-0.15, -0.1) is 0 Å². The Balaban J connectivity index is 1.02. The molecule has 120 heavy (non-hydrogen) atoms. The minimum absolute atomic E-state index is 0.253. The molecule has 2 aliphatic heterocycles. The Kier molecular flexibility index (Phi) is 22.3. The normalized spacial score (nSPS) is 11.4. The van der Waals surface area contributed by atoms with Gasteiger partial charge in [-0.25, -0.2) is 0 Å². The van der Waals surface area contributed by atoms with Crippen LogP contribution in [0.2, 0.25) is 0 Å². The SMILES string of the molecule is CN(C)c1cccc(O[C](=[Zn])/C(=C\c2cc3nc4nc(nc5[nH]c(nc6nc(nc2[nH]3)-c2cc(Oc3cccc(N(C)C)c3)c(Oc3cccc(N(C)C)c3)cc2-6)c2cc(Oc3cccc(N(C)C)c3)c(Oc3cccc(N(C)C)c3)cc52)-c2cc(Oc3cccc(N(C)C)c3)c(Oc3cccc(N(C)C)c3)cc2-4)Oc2cccc(N(C)C)c2)c1. The third kappa shape index (κ3) is 17.5. The van der Waals surface area contributed by atoms with E-state index in [2.05, 4.69) is 9.97 Å². The van der Waals surface area contributed by atoms with Crippen LogP contribution in [0.4, 0.5) is 45.5 Å². The predicted molar refractivity (Wildman–Crippen MR) is 479 cm³/mol. The zero-order valence-electron chi connectivity index (χ0n) is 69.8. The summed E-state index contributed by atoms with van der Waals surface area (Å²) >= 11 is 0.529. The Bertz CT molecular complexity index is 6500. The molecule has 5 heterocycles. The number of hydrogen-bond donors (Lipinski definition) is 2. The number of H-pyrrole nitrogens is 2. The van der Waals surface area contributed by atoms with Gasteiger partial charge in [-0.3, -0.25) is 0 Å². The summed E-state index contributed by atoms with van der Waals surface area (Å²) in [6.07, 6.45) is 1.91. The van der Waals surface area contributed by atoms with Crippen LogP contribution in [0.3, 0.4) is 0 Å². The summed E-state index contributed by atoms with van der Waals surface area (Å²) in [5.74, 6) is 8.19. The van der Waals surface area contributed by atoms with E-state index in [-0.39, 0.29) is 23.3 Å². The van der Waals surface area contributed by atoms with Gasteiger partial charge in [-0.2, -0.15) is 0 Å². The fourth-order valence-electron chi connectivity index (χ4n) is 13.6. The zero-order chi connectivity index (χ0) is 83.7. The number of fused-ring (bicyclic) bond motifs is 17. The van der Waals surface area contributed by atoms with Crippen molar-refractivity contribution in [1.29, 1.82) is 0 Å². The van der Waals surface area contributed by atoms with Crippen LogP contribution in [0.1, 0.15) is 5.56 Å².